The molecule has 17 heavy (non-hydrogen) atoms. The first-order valence-electron chi connectivity index (χ1n) is 5.56. The molecular formula is C12H16N2O3. The third-order valence-corrected chi connectivity index (χ3v) is 2.80. The van der Waals surface area contributed by atoms with Crippen LogP contribution < -0.4 is 5.73 Å². The Kier molecular flexibility index (Phi) is 3.61. The fraction of sp³-hybridized carbons (Fsp3) is 0.417. The zero-order valence-electron chi connectivity index (χ0n) is 9.45. The molecule has 2 rings (SSSR count). The molecule has 1 heterocycles. The standard InChI is InChI=1S/C12H16N2O3/c13-10-6-14(7-11(10)15)12(16)17-8-9-4-2-1-3-5-9/h1-5,10-11,15H,6-8,13H2/t10-,11?/m0/s1. The van der Waals surface area contributed by atoms with E-state index >= 15 is 0 Å². The van der Waals surface area contributed by atoms with E-state index < -0.39 is 12.2 Å². The number of hydrogen-bond donors (Lipinski definition) is 2. The number of amides is 1. The number of ether oxygens (including phenoxy) is 1. The molecule has 1 amide bonds. The molecule has 1 unspecified atom stereocenters. The third-order valence-electron chi connectivity index (χ3n) is 2.80. The van der Waals surface area contributed by atoms with E-state index in [-0.39, 0.29) is 19.2 Å². The Morgan fingerprint density at radius 1 is 1.41 bits per heavy atom. The van der Waals surface area contributed by atoms with Gasteiger partial charge in [-0.25, -0.2) is 4.79 Å². The van der Waals surface area contributed by atoms with E-state index in [2.05, 4.69) is 0 Å². The van der Waals surface area contributed by atoms with E-state index in [0.29, 0.717) is 6.54 Å². The number of aliphatic hydroxyl groups excluding tert-OH is 1. The van der Waals surface area contributed by atoms with Gasteiger partial charge in [-0.2, -0.15) is 0 Å². The fourth-order valence-electron chi connectivity index (χ4n) is 1.77. The maximum atomic E-state index is 11.6. The average Bonchev–Trinajstić information content (AvgIpc) is 2.68. The van der Waals surface area contributed by atoms with Crippen LogP contribution in [0.3, 0.4) is 0 Å². The minimum absolute atomic E-state index is 0.238. The van der Waals surface area contributed by atoms with Gasteiger partial charge in [0.2, 0.25) is 0 Å². The van der Waals surface area contributed by atoms with E-state index in [4.69, 9.17) is 10.5 Å². The molecule has 3 N–H and O–H groups in total. The molecule has 1 aromatic rings. The van der Waals surface area contributed by atoms with E-state index in [1.807, 2.05) is 30.3 Å². The van der Waals surface area contributed by atoms with Gasteiger partial charge in [0.15, 0.2) is 0 Å². The lowest BCUT2D eigenvalue weighted by Gasteiger charge is -2.15. The van der Waals surface area contributed by atoms with Crippen LogP contribution in [-0.2, 0) is 11.3 Å². The fourth-order valence-corrected chi connectivity index (χ4v) is 1.77. The van der Waals surface area contributed by atoms with Crippen molar-refractivity contribution in [2.75, 3.05) is 13.1 Å². The monoisotopic (exact) mass is 236 g/mol. The van der Waals surface area contributed by atoms with Crippen LogP contribution in [0, 0.1) is 0 Å². The highest BCUT2D eigenvalue weighted by Crippen LogP contribution is 2.10. The largest absolute Gasteiger partial charge is 0.445 e. The van der Waals surface area contributed by atoms with Crippen LogP contribution in [0.2, 0.25) is 0 Å². The Bertz CT molecular complexity index is 373. The second-order valence-corrected chi connectivity index (χ2v) is 4.18. The molecule has 0 bridgehead atoms. The van der Waals surface area contributed by atoms with Crippen molar-refractivity contribution in [3.05, 3.63) is 35.9 Å². The van der Waals surface area contributed by atoms with E-state index in [1.54, 1.807) is 0 Å². The number of nitrogens with two attached hydrogens (primary N) is 1. The Morgan fingerprint density at radius 2 is 2.12 bits per heavy atom. The highest BCUT2D eigenvalue weighted by atomic mass is 16.6. The Morgan fingerprint density at radius 3 is 2.71 bits per heavy atom. The van der Waals surface area contributed by atoms with Crippen molar-refractivity contribution >= 4 is 6.09 Å². The van der Waals surface area contributed by atoms with Gasteiger partial charge in [0.05, 0.1) is 18.7 Å². The Hall–Kier alpha value is -1.59. The molecule has 0 aliphatic carbocycles. The first kappa shape index (κ1) is 11.9. The summed E-state index contributed by atoms with van der Waals surface area (Å²) in [5.41, 5.74) is 6.55. The van der Waals surface area contributed by atoms with Crippen molar-refractivity contribution in [1.29, 1.82) is 0 Å². The topological polar surface area (TPSA) is 75.8 Å². The summed E-state index contributed by atoms with van der Waals surface area (Å²) in [7, 11) is 0. The molecule has 0 spiro atoms. The maximum absolute atomic E-state index is 11.6. The molecular weight excluding hydrogens is 220 g/mol. The molecule has 1 aliphatic heterocycles. The van der Waals surface area contributed by atoms with Gasteiger partial charge in [0, 0.05) is 6.54 Å². The predicted molar refractivity (Wildman–Crippen MR) is 62.2 cm³/mol. The SMILES string of the molecule is N[C@H]1CN(C(=O)OCc2ccccc2)CC1O. The van der Waals surface area contributed by atoms with Gasteiger partial charge in [0.25, 0.3) is 0 Å². The van der Waals surface area contributed by atoms with Crippen LogP contribution in [0.4, 0.5) is 4.79 Å². The zero-order chi connectivity index (χ0) is 12.3. The van der Waals surface area contributed by atoms with Gasteiger partial charge in [-0.3, -0.25) is 0 Å². The lowest BCUT2D eigenvalue weighted by molar-refractivity contribution is 0.0971. The minimum Gasteiger partial charge on any atom is -0.445 e. The second kappa shape index (κ2) is 5.16. The molecule has 1 saturated heterocycles. The molecule has 0 radical (unpaired) electrons. The van der Waals surface area contributed by atoms with E-state index in [0.717, 1.165) is 5.56 Å². The number of hydrogen-bond acceptors (Lipinski definition) is 4. The van der Waals surface area contributed by atoms with Crippen LogP contribution >= 0.6 is 0 Å². The normalized spacial score (nSPS) is 23.8. The number of aliphatic hydroxyl groups is 1. The second-order valence-electron chi connectivity index (χ2n) is 4.18. The molecule has 0 aromatic heterocycles. The Labute approximate surface area is 99.8 Å². The predicted octanol–water partition coefficient (Wildman–Crippen LogP) is 0.327. The van der Waals surface area contributed by atoms with Crippen LogP contribution in [0.5, 0.6) is 0 Å². The number of β-amino-alcohol motifs (C(OH)–C–C–N with tert-alkyl or cyclic N) is 1. The molecule has 1 aromatic carbocycles. The van der Waals surface area contributed by atoms with Crippen molar-refractivity contribution in [3.8, 4) is 0 Å². The average molecular weight is 236 g/mol. The molecule has 5 heteroatoms. The van der Waals surface area contributed by atoms with E-state index in [1.165, 1.54) is 4.90 Å². The molecule has 1 fully saturated rings. The zero-order valence-corrected chi connectivity index (χ0v) is 9.45. The van der Waals surface area contributed by atoms with Gasteiger partial charge in [-0.15, -0.1) is 0 Å². The lowest BCUT2D eigenvalue weighted by atomic mass is 10.2. The van der Waals surface area contributed by atoms with Gasteiger partial charge in [-0.05, 0) is 5.56 Å². The van der Waals surface area contributed by atoms with Crippen molar-refractivity contribution in [1.82, 2.24) is 4.90 Å². The highest BCUT2D eigenvalue weighted by molar-refractivity contribution is 5.68. The van der Waals surface area contributed by atoms with Crippen molar-refractivity contribution in [2.45, 2.75) is 18.8 Å². The molecule has 1 aliphatic rings. The Balaban J connectivity index is 1.82. The van der Waals surface area contributed by atoms with Crippen molar-refractivity contribution in [2.24, 2.45) is 5.73 Å². The van der Waals surface area contributed by atoms with Crippen LogP contribution in [0.15, 0.2) is 30.3 Å². The summed E-state index contributed by atoms with van der Waals surface area (Å²) in [4.78, 5) is 13.1. The molecule has 92 valence electrons. The summed E-state index contributed by atoms with van der Waals surface area (Å²) in [5.74, 6) is 0. The number of nitrogens with zero attached hydrogens (tertiary/aromatic N) is 1. The summed E-state index contributed by atoms with van der Waals surface area (Å²) < 4.78 is 5.13. The molecule has 5 nitrogen and oxygen atoms in total. The maximum Gasteiger partial charge on any atom is 0.410 e. The molecule has 0 saturated carbocycles. The van der Waals surface area contributed by atoms with Gasteiger partial charge >= 0.3 is 6.09 Å². The number of carbonyl (C=O) groups is 1. The summed E-state index contributed by atoms with van der Waals surface area (Å²) in [6.45, 7) is 0.824. The van der Waals surface area contributed by atoms with Crippen molar-refractivity contribution in [3.63, 3.8) is 0 Å². The summed E-state index contributed by atoms with van der Waals surface area (Å²) in [6, 6.07) is 9.08. The summed E-state index contributed by atoms with van der Waals surface area (Å²) in [6.07, 6.45) is -1.08. The van der Waals surface area contributed by atoms with Gasteiger partial charge in [0.1, 0.15) is 6.61 Å². The number of likely N-dealkylation sites (tertiary alicyclic amines) is 1. The van der Waals surface area contributed by atoms with Crippen LogP contribution in [0.25, 0.3) is 0 Å². The summed E-state index contributed by atoms with van der Waals surface area (Å²) >= 11 is 0. The van der Waals surface area contributed by atoms with Gasteiger partial charge < -0.3 is 20.5 Å². The van der Waals surface area contributed by atoms with Crippen molar-refractivity contribution < 1.29 is 14.6 Å². The number of rotatable bonds is 2. The quantitative estimate of drug-likeness (QED) is 0.775. The number of carbonyl (C=O) groups excluding carboxylic acids is 1. The first-order valence-corrected chi connectivity index (χ1v) is 5.56. The smallest absolute Gasteiger partial charge is 0.410 e. The van der Waals surface area contributed by atoms with E-state index in [9.17, 15) is 9.90 Å². The summed E-state index contributed by atoms with van der Waals surface area (Å²) in [5, 5.41) is 9.43. The lowest BCUT2D eigenvalue weighted by Crippen LogP contribution is -2.33. The highest BCUT2D eigenvalue weighted by Gasteiger charge is 2.32. The first-order chi connectivity index (χ1) is 8.16. The third kappa shape index (κ3) is 2.95. The number of benzene rings is 1. The minimum atomic E-state index is -0.653. The van der Waals surface area contributed by atoms with Crippen LogP contribution in [-0.4, -0.2) is 41.3 Å². The van der Waals surface area contributed by atoms with Crippen LogP contribution in [0.1, 0.15) is 5.56 Å². The molecule has 2 atom stereocenters. The van der Waals surface area contributed by atoms with Gasteiger partial charge in [-0.1, -0.05) is 30.3 Å².